The molecule has 0 spiro atoms. The van der Waals surface area contributed by atoms with E-state index in [2.05, 4.69) is 72.8 Å². The summed E-state index contributed by atoms with van der Waals surface area (Å²) >= 11 is 0. The first-order chi connectivity index (χ1) is 15.3. The van der Waals surface area contributed by atoms with Gasteiger partial charge in [0.15, 0.2) is 0 Å². The zero-order valence-corrected chi connectivity index (χ0v) is 22.2. The highest BCUT2D eigenvalue weighted by Gasteiger charge is 2.28. The van der Waals surface area contributed by atoms with Crippen LogP contribution in [0.2, 0.25) is 0 Å². The fourth-order valence-electron chi connectivity index (χ4n) is 4.68. The Balaban J connectivity index is 1.97. The van der Waals surface area contributed by atoms with Crippen molar-refractivity contribution in [1.82, 2.24) is 10.2 Å². The van der Waals surface area contributed by atoms with E-state index < -0.39 is 0 Å². The van der Waals surface area contributed by atoms with Crippen molar-refractivity contribution in [2.45, 2.75) is 111 Å². The van der Waals surface area contributed by atoms with Gasteiger partial charge in [-0.05, 0) is 59.6 Å². The summed E-state index contributed by atoms with van der Waals surface area (Å²) in [5.41, 5.74) is 2.59. The highest BCUT2D eigenvalue weighted by Crippen LogP contribution is 2.40. The third-order valence-electron chi connectivity index (χ3n) is 6.93. The molecular weight excluding hydrogens is 412 g/mol. The van der Waals surface area contributed by atoms with Gasteiger partial charge in [-0.15, -0.1) is 0 Å². The van der Waals surface area contributed by atoms with Crippen molar-refractivity contribution < 1.29 is 14.7 Å². The Labute approximate surface area is 201 Å². The number of amides is 2. The Bertz CT molecular complexity index is 786. The molecule has 2 N–H and O–H groups in total. The highest BCUT2D eigenvalue weighted by molar-refractivity contribution is 5.79. The molecule has 0 saturated carbocycles. The number of aromatic hydroxyl groups is 1. The van der Waals surface area contributed by atoms with Crippen LogP contribution in [-0.2, 0) is 26.8 Å². The van der Waals surface area contributed by atoms with Crippen LogP contribution < -0.4 is 5.32 Å². The van der Waals surface area contributed by atoms with Crippen molar-refractivity contribution in [2.75, 3.05) is 13.1 Å². The summed E-state index contributed by atoms with van der Waals surface area (Å²) in [5, 5.41) is 14.1. The first-order valence-electron chi connectivity index (χ1n) is 12.7. The lowest BCUT2D eigenvalue weighted by atomic mass is 9.78. The standard InChI is InChI=1S/C28H46N2O3/c1-9-20(10-2)26(33)30-15-13-21(14-16-30)29-24(31)12-11-19-17-22(27(3,4)5)25(32)23(18-19)28(6,7)8/h17-18,20-21,32H,9-16H2,1-8H3,(H,29,31). The minimum atomic E-state index is -0.178. The molecule has 0 radical (unpaired) electrons. The molecule has 0 aromatic heterocycles. The molecule has 0 bridgehead atoms. The number of likely N-dealkylation sites (tertiary alicyclic amines) is 1. The smallest absolute Gasteiger partial charge is 0.225 e. The molecule has 186 valence electrons. The van der Waals surface area contributed by atoms with Crippen molar-refractivity contribution in [3.63, 3.8) is 0 Å². The topological polar surface area (TPSA) is 69.6 Å². The molecule has 1 aromatic carbocycles. The van der Waals surface area contributed by atoms with Crippen LogP contribution in [0.3, 0.4) is 0 Å². The van der Waals surface area contributed by atoms with E-state index in [0.717, 1.165) is 55.5 Å². The highest BCUT2D eigenvalue weighted by atomic mass is 16.3. The molecule has 2 amide bonds. The van der Waals surface area contributed by atoms with Gasteiger partial charge in [-0.25, -0.2) is 0 Å². The Kier molecular flexibility index (Phi) is 9.01. The number of nitrogens with one attached hydrogen (secondary N) is 1. The number of benzene rings is 1. The minimum Gasteiger partial charge on any atom is -0.507 e. The number of nitrogens with zero attached hydrogens (tertiary/aromatic N) is 1. The number of aryl methyl sites for hydroxylation is 1. The van der Waals surface area contributed by atoms with E-state index in [0.29, 0.717) is 18.6 Å². The molecule has 0 unspecified atom stereocenters. The average molecular weight is 459 g/mol. The molecule has 5 heteroatoms. The molecule has 2 rings (SSSR count). The van der Waals surface area contributed by atoms with Crippen molar-refractivity contribution in [3.8, 4) is 5.75 Å². The Morgan fingerprint density at radius 2 is 1.48 bits per heavy atom. The first-order valence-corrected chi connectivity index (χ1v) is 12.7. The predicted molar refractivity (Wildman–Crippen MR) is 136 cm³/mol. The lowest BCUT2D eigenvalue weighted by Gasteiger charge is -2.34. The number of carbonyl (C=O) groups is 2. The largest absolute Gasteiger partial charge is 0.507 e. The van der Waals surface area contributed by atoms with Crippen LogP contribution >= 0.6 is 0 Å². The van der Waals surface area contributed by atoms with Gasteiger partial charge in [0.05, 0.1) is 0 Å². The Hall–Kier alpha value is -2.04. The van der Waals surface area contributed by atoms with Crippen LogP contribution in [-0.4, -0.2) is 41.0 Å². The normalized spacial score (nSPS) is 15.7. The van der Waals surface area contributed by atoms with Crippen LogP contribution in [0.15, 0.2) is 12.1 Å². The summed E-state index contributed by atoms with van der Waals surface area (Å²) < 4.78 is 0. The fourth-order valence-corrected chi connectivity index (χ4v) is 4.68. The number of phenolic OH excluding ortho intramolecular Hbond substituents is 1. The number of rotatable bonds is 7. The zero-order valence-electron chi connectivity index (χ0n) is 22.2. The molecule has 1 fully saturated rings. The van der Waals surface area contributed by atoms with Crippen LogP contribution in [0.1, 0.15) is 104 Å². The summed E-state index contributed by atoms with van der Waals surface area (Å²) in [4.78, 5) is 27.3. The number of hydrogen-bond acceptors (Lipinski definition) is 3. The summed E-state index contributed by atoms with van der Waals surface area (Å²) in [5.74, 6) is 0.819. The molecular formula is C28H46N2O3. The molecule has 0 atom stereocenters. The molecule has 1 heterocycles. The fraction of sp³-hybridized carbons (Fsp3) is 0.714. The van der Waals surface area contributed by atoms with Gasteiger partial charge < -0.3 is 15.3 Å². The predicted octanol–water partition coefficient (Wildman–Crippen LogP) is 5.46. The maximum atomic E-state index is 12.7. The zero-order chi connectivity index (χ0) is 25.0. The van der Waals surface area contributed by atoms with Gasteiger partial charge in [0.1, 0.15) is 5.75 Å². The Morgan fingerprint density at radius 3 is 1.91 bits per heavy atom. The van der Waals surface area contributed by atoms with E-state index in [-0.39, 0.29) is 34.6 Å². The van der Waals surface area contributed by atoms with E-state index in [1.807, 2.05) is 4.90 Å². The SMILES string of the molecule is CCC(CC)C(=O)N1CCC(NC(=O)CCc2cc(C(C)(C)C)c(O)c(C(C)(C)C)c2)CC1. The van der Waals surface area contributed by atoms with Gasteiger partial charge in [0.25, 0.3) is 0 Å². The third kappa shape index (κ3) is 7.22. The second-order valence-corrected chi connectivity index (χ2v) is 11.7. The summed E-state index contributed by atoms with van der Waals surface area (Å²) in [6.07, 6.45) is 4.47. The molecule has 1 aliphatic rings. The summed E-state index contributed by atoms with van der Waals surface area (Å²) in [7, 11) is 0. The van der Waals surface area contributed by atoms with E-state index in [9.17, 15) is 14.7 Å². The second-order valence-electron chi connectivity index (χ2n) is 11.7. The van der Waals surface area contributed by atoms with Crippen molar-refractivity contribution >= 4 is 11.8 Å². The van der Waals surface area contributed by atoms with Gasteiger partial charge in [-0.2, -0.15) is 0 Å². The van der Waals surface area contributed by atoms with Gasteiger partial charge in [-0.3, -0.25) is 9.59 Å². The van der Waals surface area contributed by atoms with Crippen LogP contribution in [0.5, 0.6) is 5.75 Å². The summed E-state index contributed by atoms with van der Waals surface area (Å²) in [6, 6.07) is 4.25. The molecule has 1 aliphatic heterocycles. The first kappa shape index (κ1) is 27.2. The lowest BCUT2D eigenvalue weighted by Crippen LogP contribution is -2.48. The van der Waals surface area contributed by atoms with Gasteiger partial charge in [0.2, 0.25) is 11.8 Å². The number of carbonyl (C=O) groups excluding carboxylic acids is 2. The summed E-state index contributed by atoms with van der Waals surface area (Å²) in [6.45, 7) is 18.2. The van der Waals surface area contributed by atoms with Gasteiger partial charge in [-0.1, -0.05) is 67.5 Å². The monoisotopic (exact) mass is 458 g/mol. The van der Waals surface area contributed by atoms with Crippen LogP contribution in [0, 0.1) is 5.92 Å². The van der Waals surface area contributed by atoms with Crippen molar-refractivity contribution in [3.05, 3.63) is 28.8 Å². The second kappa shape index (κ2) is 10.9. The van der Waals surface area contributed by atoms with Crippen molar-refractivity contribution in [2.24, 2.45) is 5.92 Å². The van der Waals surface area contributed by atoms with Crippen LogP contribution in [0.4, 0.5) is 0 Å². The molecule has 1 saturated heterocycles. The van der Waals surface area contributed by atoms with E-state index in [4.69, 9.17) is 0 Å². The maximum Gasteiger partial charge on any atom is 0.225 e. The van der Waals surface area contributed by atoms with Gasteiger partial charge in [0, 0.05) is 31.5 Å². The molecule has 33 heavy (non-hydrogen) atoms. The lowest BCUT2D eigenvalue weighted by molar-refractivity contribution is -0.137. The molecule has 5 nitrogen and oxygen atoms in total. The van der Waals surface area contributed by atoms with E-state index in [1.165, 1.54) is 0 Å². The van der Waals surface area contributed by atoms with E-state index in [1.54, 1.807) is 0 Å². The van der Waals surface area contributed by atoms with E-state index >= 15 is 0 Å². The number of phenols is 1. The Morgan fingerprint density at radius 1 is 1.00 bits per heavy atom. The average Bonchev–Trinajstić information content (AvgIpc) is 2.72. The molecule has 0 aliphatic carbocycles. The number of hydrogen-bond donors (Lipinski definition) is 2. The maximum absolute atomic E-state index is 12.7. The van der Waals surface area contributed by atoms with Crippen molar-refractivity contribution in [1.29, 1.82) is 0 Å². The number of piperidine rings is 1. The minimum absolute atomic E-state index is 0.0578. The van der Waals surface area contributed by atoms with Gasteiger partial charge >= 0.3 is 0 Å². The molecule has 1 aromatic rings. The van der Waals surface area contributed by atoms with Crippen LogP contribution in [0.25, 0.3) is 0 Å². The quantitative estimate of drug-likeness (QED) is 0.570. The third-order valence-corrected chi connectivity index (χ3v) is 6.93.